The quantitative estimate of drug-likeness (QED) is 0.461. The van der Waals surface area contributed by atoms with E-state index in [1.807, 2.05) is 39.0 Å². The molecule has 0 unspecified atom stereocenters. The van der Waals surface area contributed by atoms with Gasteiger partial charge in [-0.2, -0.15) is 0 Å². The average Bonchev–Trinajstić information content (AvgIpc) is 2.22. The van der Waals surface area contributed by atoms with Gasteiger partial charge in [0.25, 0.3) is 0 Å². The Balaban J connectivity index is 3.09. The number of nitrogens with zero attached hydrogens (tertiary/aromatic N) is 1. The van der Waals surface area contributed by atoms with Crippen molar-refractivity contribution in [3.05, 3.63) is 29.3 Å². The maximum Gasteiger partial charge on any atom is 0.202 e. The van der Waals surface area contributed by atoms with Gasteiger partial charge >= 0.3 is 0 Å². The first-order chi connectivity index (χ1) is 7.97. The van der Waals surface area contributed by atoms with E-state index in [1.165, 1.54) is 0 Å². The second-order valence-electron chi connectivity index (χ2n) is 3.87. The molecule has 0 aliphatic heterocycles. The van der Waals surface area contributed by atoms with Gasteiger partial charge in [0.1, 0.15) is 0 Å². The normalized spacial score (nSPS) is 9.82. The topological polar surface area (TPSA) is 89.0 Å². The number of para-hydroxylation sites is 1. The van der Waals surface area contributed by atoms with Crippen LogP contribution in [-0.2, 0) is 0 Å². The molecule has 0 amide bonds. The molecule has 1 rings (SSSR count). The summed E-state index contributed by atoms with van der Waals surface area (Å²) in [7, 11) is 0. The van der Waals surface area contributed by atoms with Crippen molar-refractivity contribution in [3.8, 4) is 0 Å². The Morgan fingerprint density at radius 3 is 2.24 bits per heavy atom. The van der Waals surface area contributed by atoms with E-state index < -0.39 is 0 Å². The standard InChI is InChI=1S/C12H19N5/c1-4-17(12(15)16-11(13)14)10-8(2)6-5-7-9(10)3/h5-7H,4H2,1-3H3,(H5,13,14,15,16). The SMILES string of the molecule is CCN(C(=N)NC(=N)N)c1c(C)cccc1C. The molecule has 0 fully saturated rings. The summed E-state index contributed by atoms with van der Waals surface area (Å²) in [6.45, 7) is 6.62. The van der Waals surface area contributed by atoms with E-state index in [1.54, 1.807) is 4.90 Å². The minimum absolute atomic E-state index is 0.123. The molecule has 5 heteroatoms. The molecule has 0 aromatic heterocycles. The molecule has 0 atom stereocenters. The summed E-state index contributed by atoms with van der Waals surface area (Å²) in [5, 5.41) is 17.6. The predicted octanol–water partition coefficient (Wildman–Crippen LogP) is 1.55. The van der Waals surface area contributed by atoms with Crippen molar-refractivity contribution in [1.82, 2.24) is 5.32 Å². The Morgan fingerprint density at radius 1 is 1.29 bits per heavy atom. The van der Waals surface area contributed by atoms with Crippen molar-refractivity contribution in [1.29, 1.82) is 10.8 Å². The van der Waals surface area contributed by atoms with Crippen LogP contribution in [0.25, 0.3) is 0 Å². The molecule has 17 heavy (non-hydrogen) atoms. The molecule has 0 aliphatic rings. The fourth-order valence-electron chi connectivity index (χ4n) is 1.85. The van der Waals surface area contributed by atoms with E-state index in [4.69, 9.17) is 16.6 Å². The molecule has 1 aromatic carbocycles. The largest absolute Gasteiger partial charge is 0.370 e. The molecule has 92 valence electrons. The molecule has 5 nitrogen and oxygen atoms in total. The molecule has 0 bridgehead atoms. The van der Waals surface area contributed by atoms with Crippen LogP contribution in [-0.4, -0.2) is 18.5 Å². The van der Waals surface area contributed by atoms with Crippen molar-refractivity contribution < 1.29 is 0 Å². The van der Waals surface area contributed by atoms with Crippen LogP contribution >= 0.6 is 0 Å². The molecule has 0 spiro atoms. The Labute approximate surface area is 102 Å². The minimum atomic E-state index is -0.223. The van der Waals surface area contributed by atoms with Gasteiger partial charge in [0.2, 0.25) is 5.96 Å². The fourth-order valence-corrected chi connectivity index (χ4v) is 1.85. The van der Waals surface area contributed by atoms with Crippen molar-refractivity contribution in [2.24, 2.45) is 5.73 Å². The number of nitrogens with two attached hydrogens (primary N) is 1. The van der Waals surface area contributed by atoms with E-state index in [0.29, 0.717) is 6.54 Å². The lowest BCUT2D eigenvalue weighted by molar-refractivity contribution is 0.987. The Bertz CT molecular complexity index is 418. The molecule has 0 heterocycles. The van der Waals surface area contributed by atoms with Gasteiger partial charge in [-0.1, -0.05) is 18.2 Å². The number of anilines is 1. The van der Waals surface area contributed by atoms with Crippen LogP contribution in [0.4, 0.5) is 5.69 Å². The van der Waals surface area contributed by atoms with E-state index in [-0.39, 0.29) is 11.9 Å². The summed E-state index contributed by atoms with van der Waals surface area (Å²) in [4.78, 5) is 1.80. The van der Waals surface area contributed by atoms with Gasteiger partial charge in [-0.25, -0.2) is 0 Å². The maximum absolute atomic E-state index is 7.90. The number of benzene rings is 1. The minimum Gasteiger partial charge on any atom is -0.370 e. The number of hydrogen-bond donors (Lipinski definition) is 4. The molecular formula is C12H19N5. The lowest BCUT2D eigenvalue weighted by atomic mass is 10.1. The zero-order chi connectivity index (χ0) is 13.0. The highest BCUT2D eigenvalue weighted by Crippen LogP contribution is 2.24. The third kappa shape index (κ3) is 2.96. The van der Waals surface area contributed by atoms with E-state index in [9.17, 15) is 0 Å². The van der Waals surface area contributed by atoms with Gasteiger partial charge in [-0.3, -0.25) is 16.1 Å². The van der Waals surface area contributed by atoms with Crippen LogP contribution in [0.2, 0.25) is 0 Å². The molecular weight excluding hydrogens is 214 g/mol. The van der Waals surface area contributed by atoms with Crippen LogP contribution in [0.15, 0.2) is 18.2 Å². The molecule has 5 N–H and O–H groups in total. The highest BCUT2D eigenvalue weighted by molar-refractivity contribution is 6.04. The lowest BCUT2D eigenvalue weighted by Gasteiger charge is -2.27. The Kier molecular flexibility index (Phi) is 4.09. The summed E-state index contributed by atoms with van der Waals surface area (Å²) in [6.07, 6.45) is 0. The molecule has 0 saturated heterocycles. The van der Waals surface area contributed by atoms with Crippen LogP contribution in [0.1, 0.15) is 18.1 Å². The van der Waals surface area contributed by atoms with Gasteiger partial charge in [-0.15, -0.1) is 0 Å². The first-order valence-electron chi connectivity index (χ1n) is 5.50. The summed E-state index contributed by atoms with van der Waals surface area (Å²) < 4.78 is 0. The van der Waals surface area contributed by atoms with Crippen molar-refractivity contribution in [3.63, 3.8) is 0 Å². The zero-order valence-electron chi connectivity index (χ0n) is 10.5. The van der Waals surface area contributed by atoms with Crippen LogP contribution in [0.5, 0.6) is 0 Å². The van der Waals surface area contributed by atoms with Crippen molar-refractivity contribution >= 4 is 17.6 Å². The Hall–Kier alpha value is -2.04. The van der Waals surface area contributed by atoms with Crippen molar-refractivity contribution in [2.75, 3.05) is 11.4 Å². The summed E-state index contributed by atoms with van der Waals surface area (Å²) in [6, 6.07) is 6.00. The summed E-state index contributed by atoms with van der Waals surface area (Å²) in [5.74, 6) is -0.0999. The molecule has 0 radical (unpaired) electrons. The lowest BCUT2D eigenvalue weighted by Crippen LogP contribution is -2.46. The third-order valence-corrected chi connectivity index (χ3v) is 2.55. The number of nitrogens with one attached hydrogen (secondary N) is 3. The van der Waals surface area contributed by atoms with Gasteiger partial charge in [0.05, 0.1) is 0 Å². The highest BCUT2D eigenvalue weighted by Gasteiger charge is 2.14. The number of hydrogen-bond acceptors (Lipinski definition) is 2. The Morgan fingerprint density at radius 2 is 1.82 bits per heavy atom. The van der Waals surface area contributed by atoms with Crippen LogP contribution in [0.3, 0.4) is 0 Å². The number of rotatable bonds is 2. The van der Waals surface area contributed by atoms with Gasteiger partial charge in [0, 0.05) is 12.2 Å². The van der Waals surface area contributed by atoms with Gasteiger partial charge in [-0.05, 0) is 31.9 Å². The number of aryl methyl sites for hydroxylation is 2. The van der Waals surface area contributed by atoms with Gasteiger partial charge < -0.3 is 10.6 Å². The first-order valence-corrected chi connectivity index (χ1v) is 5.50. The second kappa shape index (κ2) is 5.34. The highest BCUT2D eigenvalue weighted by atomic mass is 15.3. The monoisotopic (exact) mass is 233 g/mol. The van der Waals surface area contributed by atoms with E-state index in [0.717, 1.165) is 16.8 Å². The maximum atomic E-state index is 7.90. The van der Waals surface area contributed by atoms with Gasteiger partial charge in [0.15, 0.2) is 5.96 Å². The fraction of sp³-hybridized carbons (Fsp3) is 0.333. The predicted molar refractivity (Wildman–Crippen MR) is 71.7 cm³/mol. The third-order valence-electron chi connectivity index (χ3n) is 2.55. The molecule has 1 aromatic rings. The summed E-state index contributed by atoms with van der Waals surface area (Å²) in [5.41, 5.74) is 8.44. The average molecular weight is 233 g/mol. The van der Waals surface area contributed by atoms with Crippen LogP contribution in [0, 0.1) is 24.7 Å². The molecule has 0 aliphatic carbocycles. The second-order valence-corrected chi connectivity index (χ2v) is 3.87. The smallest absolute Gasteiger partial charge is 0.202 e. The first kappa shape index (κ1) is 13.0. The van der Waals surface area contributed by atoms with E-state index in [2.05, 4.69) is 5.32 Å². The number of guanidine groups is 2. The summed E-state index contributed by atoms with van der Waals surface area (Å²) >= 11 is 0. The molecule has 0 saturated carbocycles. The zero-order valence-corrected chi connectivity index (χ0v) is 10.5. The van der Waals surface area contributed by atoms with Crippen molar-refractivity contribution in [2.45, 2.75) is 20.8 Å². The van der Waals surface area contributed by atoms with Crippen LogP contribution < -0.4 is 16.0 Å². The van der Waals surface area contributed by atoms with E-state index >= 15 is 0 Å².